The number of amidine groups is 1. The zero-order chi connectivity index (χ0) is 17.0. The second-order valence-electron chi connectivity index (χ2n) is 4.46. The summed E-state index contributed by atoms with van der Waals surface area (Å²) in [4.78, 5) is 37.5. The average molecular weight is 354 g/mol. The molecule has 0 saturated carbocycles. The maximum absolute atomic E-state index is 11.8. The monoisotopic (exact) mass is 353 g/mol. The molecule has 0 bridgehead atoms. The molecule has 7 nitrogen and oxygen atoms in total. The Morgan fingerprint density at radius 3 is 2.83 bits per heavy atom. The molecule has 0 aliphatic carbocycles. The van der Waals surface area contributed by atoms with Crippen LogP contribution in [0.3, 0.4) is 0 Å². The molecule has 3 amide bonds. The van der Waals surface area contributed by atoms with E-state index in [9.17, 15) is 14.4 Å². The number of hydrogen-bond donors (Lipinski definition) is 2. The lowest BCUT2D eigenvalue weighted by Crippen LogP contribution is -2.23. The molecule has 0 atom stereocenters. The van der Waals surface area contributed by atoms with Crippen molar-refractivity contribution < 1.29 is 19.1 Å². The molecule has 9 heteroatoms. The van der Waals surface area contributed by atoms with Crippen LogP contribution in [0.1, 0.15) is 12.5 Å². The Labute approximate surface area is 140 Å². The van der Waals surface area contributed by atoms with E-state index in [2.05, 4.69) is 10.3 Å². The number of primary amides is 1. The summed E-state index contributed by atoms with van der Waals surface area (Å²) in [6.45, 7) is 1.06. The molecule has 120 valence electrons. The molecule has 1 aromatic rings. The van der Waals surface area contributed by atoms with Gasteiger partial charge in [0.15, 0.2) is 11.8 Å². The van der Waals surface area contributed by atoms with E-state index in [0.717, 1.165) is 11.8 Å². The van der Waals surface area contributed by atoms with Gasteiger partial charge in [0, 0.05) is 6.92 Å². The van der Waals surface area contributed by atoms with Gasteiger partial charge in [-0.05, 0) is 35.5 Å². The minimum absolute atomic E-state index is 0.237. The van der Waals surface area contributed by atoms with Gasteiger partial charge in [0.2, 0.25) is 5.91 Å². The number of nitrogens with one attached hydrogen (secondary N) is 1. The van der Waals surface area contributed by atoms with Crippen molar-refractivity contribution in [2.24, 2.45) is 10.7 Å². The Hall–Kier alpha value is -2.32. The lowest BCUT2D eigenvalue weighted by molar-refractivity contribution is -0.120. The minimum Gasteiger partial charge on any atom is -0.482 e. The fraction of sp³-hybridized carbons (Fsp3) is 0.143. The number of benzene rings is 1. The second kappa shape index (κ2) is 7.30. The molecule has 0 saturated heterocycles. The number of ether oxygens (including phenoxy) is 1. The van der Waals surface area contributed by atoms with Crippen LogP contribution in [0.2, 0.25) is 5.02 Å². The second-order valence-corrected chi connectivity index (χ2v) is 5.90. The van der Waals surface area contributed by atoms with Crippen LogP contribution >= 0.6 is 23.4 Å². The normalized spacial score (nSPS) is 15.5. The van der Waals surface area contributed by atoms with Gasteiger partial charge in [0.05, 0.1) is 9.93 Å². The molecule has 1 aromatic carbocycles. The molecule has 0 fully saturated rings. The van der Waals surface area contributed by atoms with Gasteiger partial charge in [-0.25, -0.2) is 0 Å². The standard InChI is InChI=1S/C14H12ClN3O4S/c1-7(19)17-14-18-13(21)11(23-14)5-8-2-3-10(9(15)4-8)22-6-12(16)20/h2-5H,6H2,1H3,(H2,16,20)(H,17,18,19,21)/b11-5-. The highest BCUT2D eigenvalue weighted by molar-refractivity contribution is 8.18. The van der Waals surface area contributed by atoms with Crippen molar-refractivity contribution in [2.45, 2.75) is 6.92 Å². The number of amides is 3. The summed E-state index contributed by atoms with van der Waals surface area (Å²) in [6, 6.07) is 4.81. The van der Waals surface area contributed by atoms with Gasteiger partial charge < -0.3 is 15.8 Å². The highest BCUT2D eigenvalue weighted by Crippen LogP contribution is 2.30. The lowest BCUT2D eigenvalue weighted by atomic mass is 10.2. The first kappa shape index (κ1) is 17.0. The molecule has 3 N–H and O–H groups in total. The highest BCUT2D eigenvalue weighted by Gasteiger charge is 2.22. The quantitative estimate of drug-likeness (QED) is 0.793. The molecule has 0 aromatic heterocycles. The topological polar surface area (TPSA) is 111 Å². The first-order valence-corrected chi connectivity index (χ1v) is 7.55. The number of nitrogens with two attached hydrogens (primary N) is 1. The summed E-state index contributed by atoms with van der Waals surface area (Å²) >= 11 is 7.11. The van der Waals surface area contributed by atoms with Crippen molar-refractivity contribution in [3.05, 3.63) is 33.7 Å². The summed E-state index contributed by atoms with van der Waals surface area (Å²) in [6.07, 6.45) is 1.59. The van der Waals surface area contributed by atoms with Gasteiger partial charge in [0.25, 0.3) is 11.8 Å². The predicted octanol–water partition coefficient (Wildman–Crippen LogP) is 1.31. The van der Waals surface area contributed by atoms with Crippen LogP contribution < -0.4 is 15.8 Å². The Kier molecular flexibility index (Phi) is 5.41. The number of rotatable bonds is 4. The molecule has 1 aliphatic heterocycles. The molecule has 0 unspecified atom stereocenters. The molecule has 0 spiro atoms. The van der Waals surface area contributed by atoms with E-state index < -0.39 is 11.8 Å². The third kappa shape index (κ3) is 4.83. The first-order valence-electron chi connectivity index (χ1n) is 6.36. The summed E-state index contributed by atoms with van der Waals surface area (Å²) in [7, 11) is 0. The lowest BCUT2D eigenvalue weighted by Gasteiger charge is -2.06. The van der Waals surface area contributed by atoms with Crippen molar-refractivity contribution in [1.82, 2.24) is 5.32 Å². The molecule has 1 heterocycles. The zero-order valence-corrected chi connectivity index (χ0v) is 13.5. The van der Waals surface area contributed by atoms with E-state index in [-0.39, 0.29) is 22.7 Å². The SMILES string of the molecule is CC(=O)NC1=NC(=O)/C(=C/c2ccc(OCC(N)=O)c(Cl)c2)S1. The van der Waals surface area contributed by atoms with Crippen molar-refractivity contribution in [2.75, 3.05) is 6.61 Å². The van der Waals surface area contributed by atoms with Crippen molar-refractivity contribution >= 4 is 52.3 Å². The fourth-order valence-electron chi connectivity index (χ4n) is 1.64. The van der Waals surface area contributed by atoms with Crippen LogP contribution in [-0.4, -0.2) is 29.5 Å². The van der Waals surface area contributed by atoms with Crippen LogP contribution in [0.5, 0.6) is 5.75 Å². The Balaban J connectivity index is 2.11. The van der Waals surface area contributed by atoms with E-state index in [1.165, 1.54) is 6.92 Å². The fourth-order valence-corrected chi connectivity index (χ4v) is 2.74. The Morgan fingerprint density at radius 1 is 1.48 bits per heavy atom. The largest absolute Gasteiger partial charge is 0.482 e. The number of carbonyl (C=O) groups is 3. The third-order valence-electron chi connectivity index (χ3n) is 2.53. The predicted molar refractivity (Wildman–Crippen MR) is 88.0 cm³/mol. The van der Waals surface area contributed by atoms with E-state index in [1.807, 2.05) is 0 Å². The van der Waals surface area contributed by atoms with Gasteiger partial charge in [-0.3, -0.25) is 14.4 Å². The number of aliphatic imine (C=N–C) groups is 1. The highest BCUT2D eigenvalue weighted by atomic mass is 35.5. The number of carbonyl (C=O) groups excluding carboxylic acids is 3. The molecule has 0 radical (unpaired) electrons. The van der Waals surface area contributed by atoms with Gasteiger partial charge in [-0.15, -0.1) is 0 Å². The summed E-state index contributed by atoms with van der Waals surface area (Å²) in [5, 5.41) is 2.97. The van der Waals surface area contributed by atoms with Crippen molar-refractivity contribution in [3.63, 3.8) is 0 Å². The van der Waals surface area contributed by atoms with Gasteiger partial charge in [-0.2, -0.15) is 4.99 Å². The van der Waals surface area contributed by atoms with Gasteiger partial charge in [0.1, 0.15) is 5.75 Å². The van der Waals surface area contributed by atoms with Crippen LogP contribution in [0.15, 0.2) is 28.1 Å². The van der Waals surface area contributed by atoms with Crippen molar-refractivity contribution in [1.29, 1.82) is 0 Å². The zero-order valence-electron chi connectivity index (χ0n) is 12.0. The number of halogens is 1. The van der Waals surface area contributed by atoms with E-state index >= 15 is 0 Å². The molecular formula is C14H12ClN3O4S. The van der Waals surface area contributed by atoms with Crippen LogP contribution in [0.4, 0.5) is 0 Å². The molecule has 2 rings (SSSR count). The molecule has 23 heavy (non-hydrogen) atoms. The van der Waals surface area contributed by atoms with E-state index in [0.29, 0.717) is 16.2 Å². The van der Waals surface area contributed by atoms with Crippen LogP contribution in [-0.2, 0) is 14.4 Å². The summed E-state index contributed by atoms with van der Waals surface area (Å²) < 4.78 is 5.14. The van der Waals surface area contributed by atoms with Crippen molar-refractivity contribution in [3.8, 4) is 5.75 Å². The number of hydrogen-bond acceptors (Lipinski definition) is 5. The van der Waals surface area contributed by atoms with Gasteiger partial charge >= 0.3 is 0 Å². The third-order valence-corrected chi connectivity index (χ3v) is 3.72. The van der Waals surface area contributed by atoms with E-state index in [1.54, 1.807) is 24.3 Å². The summed E-state index contributed by atoms with van der Waals surface area (Å²) in [5.74, 6) is -1.04. The molecule has 1 aliphatic rings. The average Bonchev–Trinajstić information content (AvgIpc) is 2.76. The minimum atomic E-state index is -0.608. The Bertz CT molecular complexity index is 746. The maximum Gasteiger partial charge on any atom is 0.286 e. The Morgan fingerprint density at radius 2 is 2.22 bits per heavy atom. The van der Waals surface area contributed by atoms with E-state index in [4.69, 9.17) is 22.1 Å². The smallest absolute Gasteiger partial charge is 0.286 e. The van der Waals surface area contributed by atoms with Crippen LogP contribution in [0.25, 0.3) is 6.08 Å². The van der Waals surface area contributed by atoms with Gasteiger partial charge in [-0.1, -0.05) is 17.7 Å². The maximum atomic E-state index is 11.8. The summed E-state index contributed by atoms with van der Waals surface area (Å²) in [5.41, 5.74) is 5.64. The molecular weight excluding hydrogens is 342 g/mol. The number of nitrogens with zero attached hydrogens (tertiary/aromatic N) is 1. The van der Waals surface area contributed by atoms with Crippen LogP contribution in [0, 0.1) is 0 Å². The first-order chi connectivity index (χ1) is 10.8. The number of thioether (sulfide) groups is 1.